The topological polar surface area (TPSA) is 17.1 Å². The molecule has 1 heteroatoms. The van der Waals surface area contributed by atoms with Crippen LogP contribution in [0.1, 0.15) is 20.3 Å². The van der Waals surface area contributed by atoms with Crippen molar-refractivity contribution in [1.29, 1.82) is 0 Å². The largest absolute Gasteiger partial charge is 0.234 e. The monoisotopic (exact) mass is 84.1 g/mol. The fraction of sp³-hybridized carbons (Fsp3) is 0.600. The van der Waals surface area contributed by atoms with Gasteiger partial charge in [0.2, 0.25) is 0 Å². The van der Waals surface area contributed by atoms with Gasteiger partial charge in [-0.15, -0.1) is 0 Å². The number of hydrogen-bond donors (Lipinski definition) is 0. The Kier molecular flexibility index (Phi) is 2.43. The van der Waals surface area contributed by atoms with E-state index in [9.17, 15) is 4.79 Å². The Labute approximate surface area is 37.7 Å². The van der Waals surface area contributed by atoms with E-state index in [4.69, 9.17) is 0 Å². The van der Waals surface area contributed by atoms with Crippen molar-refractivity contribution in [3.05, 3.63) is 5.57 Å². The van der Waals surface area contributed by atoms with Gasteiger partial charge in [0.15, 0.2) is 0 Å². The third-order valence-corrected chi connectivity index (χ3v) is 0.705. The van der Waals surface area contributed by atoms with Gasteiger partial charge in [0.05, 0.1) is 0 Å². The third kappa shape index (κ3) is 1.74. The molecule has 0 N–H and O–H groups in total. The van der Waals surface area contributed by atoms with Crippen LogP contribution in [-0.2, 0) is 4.79 Å². The Morgan fingerprint density at radius 2 is 2.33 bits per heavy atom. The molecule has 0 aliphatic carbocycles. The van der Waals surface area contributed by atoms with Gasteiger partial charge in [-0.1, -0.05) is 6.92 Å². The molecule has 6 heavy (non-hydrogen) atoms. The zero-order valence-corrected chi connectivity index (χ0v) is 4.12. The smallest absolute Gasteiger partial charge is 0.123 e. The predicted octanol–water partition coefficient (Wildman–Crippen LogP) is 1.17. The van der Waals surface area contributed by atoms with E-state index in [0.717, 1.165) is 12.0 Å². The lowest BCUT2D eigenvalue weighted by molar-refractivity contribution is 0.566. The van der Waals surface area contributed by atoms with Crippen molar-refractivity contribution in [3.8, 4) is 0 Å². The van der Waals surface area contributed by atoms with Crippen molar-refractivity contribution in [1.82, 2.24) is 0 Å². The molecule has 34 valence electrons. The van der Waals surface area contributed by atoms with E-state index in [2.05, 4.69) is 0 Å². The average Bonchev–Trinajstić information content (AvgIpc) is 1.65. The van der Waals surface area contributed by atoms with E-state index < -0.39 is 0 Å². The number of allylic oxidation sites excluding steroid dienone is 1. The molecule has 0 aromatic carbocycles. The van der Waals surface area contributed by atoms with Crippen LogP contribution in [-0.4, -0.2) is 5.94 Å². The molecule has 0 unspecified atom stereocenters. The summed E-state index contributed by atoms with van der Waals surface area (Å²) in [6.45, 7) is 3.70. The molecule has 1 nitrogen and oxygen atoms in total. The van der Waals surface area contributed by atoms with Gasteiger partial charge in [-0.3, -0.25) is 0 Å². The number of rotatable bonds is 1. The minimum absolute atomic E-state index is 0.787. The summed E-state index contributed by atoms with van der Waals surface area (Å²) in [5, 5.41) is 0. The van der Waals surface area contributed by atoms with Crippen LogP contribution >= 0.6 is 0 Å². The zero-order chi connectivity index (χ0) is 4.99. The van der Waals surface area contributed by atoms with Crippen molar-refractivity contribution >= 4 is 5.94 Å². The summed E-state index contributed by atoms with van der Waals surface area (Å²) in [6, 6.07) is 0. The van der Waals surface area contributed by atoms with E-state index >= 15 is 0 Å². The fourth-order valence-corrected chi connectivity index (χ4v) is 0.0722. The van der Waals surface area contributed by atoms with Crippen LogP contribution in [0.3, 0.4) is 0 Å². The van der Waals surface area contributed by atoms with Gasteiger partial charge in [-0.2, -0.15) is 0 Å². The Balaban J connectivity index is 3.52. The van der Waals surface area contributed by atoms with Crippen molar-refractivity contribution in [2.45, 2.75) is 20.3 Å². The van der Waals surface area contributed by atoms with Crippen LogP contribution in [0.15, 0.2) is 5.57 Å². The Morgan fingerprint density at radius 1 is 1.83 bits per heavy atom. The van der Waals surface area contributed by atoms with Gasteiger partial charge in [0.1, 0.15) is 5.94 Å². The molecule has 0 atom stereocenters. The van der Waals surface area contributed by atoms with Gasteiger partial charge in [-0.05, 0) is 13.3 Å². The lowest BCUT2D eigenvalue weighted by Gasteiger charge is -1.76. The maximum Gasteiger partial charge on any atom is 0.123 e. The molecule has 0 saturated carbocycles. The van der Waals surface area contributed by atoms with Gasteiger partial charge in [0.25, 0.3) is 0 Å². The highest BCUT2D eigenvalue weighted by molar-refractivity contribution is 5.50. The molecular formula is C5H8O. The number of carbonyl (C=O) groups excluding carboxylic acids is 1. The highest BCUT2D eigenvalue weighted by Crippen LogP contribution is 1.87. The maximum absolute atomic E-state index is 9.57. The van der Waals surface area contributed by atoms with Crippen LogP contribution in [0.25, 0.3) is 0 Å². The number of hydrogen-bond acceptors (Lipinski definition) is 1. The molecule has 0 radical (unpaired) electrons. The lowest BCUT2D eigenvalue weighted by Crippen LogP contribution is -1.66. The molecule has 0 fully saturated rings. The summed E-state index contributed by atoms with van der Waals surface area (Å²) in [5.41, 5.74) is 0.787. The van der Waals surface area contributed by atoms with Crippen LogP contribution in [0.4, 0.5) is 0 Å². The predicted molar refractivity (Wildman–Crippen MR) is 25.2 cm³/mol. The van der Waals surface area contributed by atoms with E-state index in [1.165, 1.54) is 0 Å². The zero-order valence-electron chi connectivity index (χ0n) is 4.12. The van der Waals surface area contributed by atoms with Crippen molar-refractivity contribution in [2.75, 3.05) is 0 Å². The van der Waals surface area contributed by atoms with E-state index in [0.29, 0.717) is 0 Å². The molecule has 0 rings (SSSR count). The maximum atomic E-state index is 9.57. The summed E-state index contributed by atoms with van der Waals surface area (Å²) >= 11 is 0. The second-order valence-electron chi connectivity index (χ2n) is 1.24. The summed E-state index contributed by atoms with van der Waals surface area (Å²) in [6.07, 6.45) is 0.823. The third-order valence-electron chi connectivity index (χ3n) is 0.705. The average molecular weight is 84.1 g/mol. The first-order valence-corrected chi connectivity index (χ1v) is 2.01. The minimum Gasteiger partial charge on any atom is -0.234 e. The van der Waals surface area contributed by atoms with E-state index in [1.54, 1.807) is 12.9 Å². The van der Waals surface area contributed by atoms with Crippen LogP contribution < -0.4 is 0 Å². The summed E-state index contributed by atoms with van der Waals surface area (Å²) in [7, 11) is 0. The Bertz CT molecular complexity index is 77.9. The molecule has 0 saturated heterocycles. The molecule has 0 aliphatic rings. The molecular weight excluding hydrogens is 76.1 g/mol. The normalized spacial score (nSPS) is 7.00. The molecule has 0 heterocycles. The lowest BCUT2D eigenvalue weighted by atomic mass is 10.3. The quantitative estimate of drug-likeness (QED) is 0.436. The summed E-state index contributed by atoms with van der Waals surface area (Å²) in [4.78, 5) is 9.57. The second kappa shape index (κ2) is 2.67. The van der Waals surface area contributed by atoms with Crippen molar-refractivity contribution in [3.63, 3.8) is 0 Å². The van der Waals surface area contributed by atoms with Gasteiger partial charge >= 0.3 is 0 Å². The van der Waals surface area contributed by atoms with Crippen molar-refractivity contribution in [2.24, 2.45) is 0 Å². The summed E-state index contributed by atoms with van der Waals surface area (Å²) in [5.74, 6) is 1.78. The Hall–Kier alpha value is -0.550. The van der Waals surface area contributed by atoms with E-state index in [1.807, 2.05) is 6.92 Å². The first-order valence-electron chi connectivity index (χ1n) is 2.01. The molecule has 0 aliphatic heterocycles. The molecule has 0 aromatic heterocycles. The van der Waals surface area contributed by atoms with Gasteiger partial charge in [-0.25, -0.2) is 4.79 Å². The molecule has 0 aromatic rings. The van der Waals surface area contributed by atoms with Crippen LogP contribution in [0, 0.1) is 0 Å². The highest BCUT2D eigenvalue weighted by atomic mass is 16.1. The minimum atomic E-state index is 0.787. The first kappa shape index (κ1) is 5.45. The van der Waals surface area contributed by atoms with Crippen molar-refractivity contribution < 1.29 is 4.79 Å². The summed E-state index contributed by atoms with van der Waals surface area (Å²) < 4.78 is 0. The Morgan fingerprint density at radius 3 is 2.33 bits per heavy atom. The van der Waals surface area contributed by atoms with Gasteiger partial charge < -0.3 is 0 Å². The van der Waals surface area contributed by atoms with Crippen LogP contribution in [0.2, 0.25) is 0 Å². The fourth-order valence-electron chi connectivity index (χ4n) is 0.0722. The molecule has 0 bridgehead atoms. The SMILES string of the molecule is CCC(C)=C=O. The first-order chi connectivity index (χ1) is 2.81. The standard InChI is InChI=1S/C5H8O/c1-3-5(2)4-6/h3H2,1-2H3. The van der Waals surface area contributed by atoms with Gasteiger partial charge in [0, 0.05) is 5.57 Å². The highest BCUT2D eigenvalue weighted by Gasteiger charge is 1.75. The van der Waals surface area contributed by atoms with Crippen LogP contribution in [0.5, 0.6) is 0 Å². The molecule has 0 spiro atoms. The van der Waals surface area contributed by atoms with E-state index in [-0.39, 0.29) is 0 Å². The molecule has 0 amide bonds. The second-order valence-corrected chi connectivity index (χ2v) is 1.24.